The Morgan fingerprint density at radius 3 is 2.52 bits per heavy atom. The first kappa shape index (κ1) is 15.6. The van der Waals surface area contributed by atoms with Gasteiger partial charge in [0.25, 0.3) is 0 Å². The van der Waals surface area contributed by atoms with Crippen molar-refractivity contribution in [2.75, 3.05) is 6.54 Å². The van der Waals surface area contributed by atoms with E-state index in [0.717, 1.165) is 19.0 Å². The van der Waals surface area contributed by atoms with Crippen LogP contribution >= 0.6 is 0 Å². The summed E-state index contributed by atoms with van der Waals surface area (Å²) in [6.07, 6.45) is 1.68. The number of furan rings is 1. The predicted molar refractivity (Wildman–Crippen MR) is 75.5 cm³/mol. The molecule has 114 valence electrons. The molecule has 1 aromatic heterocycles. The van der Waals surface area contributed by atoms with Crippen LogP contribution in [0.15, 0.2) is 28.7 Å². The molecular weight excluding hydrogens is 279 g/mol. The fraction of sp³-hybridized carbons (Fsp3) is 0.375. The normalized spacial score (nSPS) is 12.6. The van der Waals surface area contributed by atoms with E-state index in [-0.39, 0.29) is 17.4 Å². The Balaban J connectivity index is 2.15. The lowest BCUT2D eigenvalue weighted by molar-refractivity contribution is 0.460. The van der Waals surface area contributed by atoms with Gasteiger partial charge in [-0.05, 0) is 38.1 Å². The Hall–Kier alpha value is -1.75. The van der Waals surface area contributed by atoms with Crippen molar-refractivity contribution in [1.29, 1.82) is 0 Å². The van der Waals surface area contributed by atoms with Gasteiger partial charge in [-0.25, -0.2) is 13.2 Å². The quantitative estimate of drug-likeness (QED) is 0.804. The van der Waals surface area contributed by atoms with Gasteiger partial charge in [-0.1, -0.05) is 6.92 Å². The van der Waals surface area contributed by atoms with E-state index in [1.165, 1.54) is 0 Å². The summed E-state index contributed by atoms with van der Waals surface area (Å²) in [6.45, 7) is 5.01. The summed E-state index contributed by atoms with van der Waals surface area (Å²) in [5.41, 5.74) is -0.0747. The molecule has 1 aromatic carbocycles. The van der Waals surface area contributed by atoms with Gasteiger partial charge in [-0.3, -0.25) is 0 Å². The van der Waals surface area contributed by atoms with Crippen LogP contribution in [0.3, 0.4) is 0 Å². The van der Waals surface area contributed by atoms with Gasteiger partial charge in [0.05, 0.1) is 5.56 Å². The van der Waals surface area contributed by atoms with Gasteiger partial charge in [-0.15, -0.1) is 0 Å². The van der Waals surface area contributed by atoms with Gasteiger partial charge in [0.1, 0.15) is 17.3 Å². The van der Waals surface area contributed by atoms with Crippen molar-refractivity contribution >= 4 is 0 Å². The molecular formula is C16H18F3NO. The maximum atomic E-state index is 13.7. The second-order valence-electron chi connectivity index (χ2n) is 5.07. The van der Waals surface area contributed by atoms with Crippen molar-refractivity contribution in [3.05, 3.63) is 47.5 Å². The van der Waals surface area contributed by atoms with E-state index >= 15 is 0 Å². The molecule has 21 heavy (non-hydrogen) atoms. The van der Waals surface area contributed by atoms with Gasteiger partial charge < -0.3 is 9.73 Å². The third-order valence-corrected chi connectivity index (χ3v) is 3.19. The number of halogens is 3. The van der Waals surface area contributed by atoms with E-state index in [4.69, 9.17) is 4.42 Å². The van der Waals surface area contributed by atoms with Crippen LogP contribution in [0.5, 0.6) is 0 Å². The number of rotatable bonds is 6. The van der Waals surface area contributed by atoms with Crippen LogP contribution in [0.2, 0.25) is 0 Å². The fourth-order valence-corrected chi connectivity index (χ4v) is 2.11. The highest BCUT2D eigenvalue weighted by atomic mass is 19.2. The van der Waals surface area contributed by atoms with Crippen LogP contribution in [0.1, 0.15) is 26.0 Å². The SMILES string of the molecule is CCCNC(C)Cc1ccc(-c2cc(F)c(F)cc2F)o1. The predicted octanol–water partition coefficient (Wildman–Crippen LogP) is 4.29. The molecule has 2 aromatic rings. The zero-order chi connectivity index (χ0) is 15.4. The molecule has 0 aliphatic heterocycles. The van der Waals surface area contributed by atoms with Crippen LogP contribution in [0.25, 0.3) is 11.3 Å². The van der Waals surface area contributed by atoms with E-state index < -0.39 is 17.5 Å². The van der Waals surface area contributed by atoms with E-state index in [9.17, 15) is 13.2 Å². The number of benzene rings is 1. The largest absolute Gasteiger partial charge is 0.461 e. The Morgan fingerprint density at radius 1 is 1.10 bits per heavy atom. The number of hydrogen-bond donors (Lipinski definition) is 1. The molecule has 2 nitrogen and oxygen atoms in total. The Kier molecular flexibility index (Phi) is 5.07. The molecule has 0 spiro atoms. The molecule has 0 bridgehead atoms. The van der Waals surface area contributed by atoms with Crippen LogP contribution in [-0.2, 0) is 6.42 Å². The van der Waals surface area contributed by atoms with Crippen LogP contribution in [-0.4, -0.2) is 12.6 Å². The van der Waals surface area contributed by atoms with Gasteiger partial charge in [0.15, 0.2) is 11.6 Å². The summed E-state index contributed by atoms with van der Waals surface area (Å²) in [5.74, 6) is -2.27. The average molecular weight is 297 g/mol. The van der Waals surface area contributed by atoms with Gasteiger partial charge in [0, 0.05) is 18.5 Å². The molecule has 0 amide bonds. The minimum Gasteiger partial charge on any atom is -0.461 e. The Bertz CT molecular complexity index is 610. The Labute approximate surface area is 122 Å². The van der Waals surface area contributed by atoms with E-state index in [1.807, 2.05) is 6.92 Å². The molecule has 0 aliphatic carbocycles. The Morgan fingerprint density at radius 2 is 1.81 bits per heavy atom. The summed E-state index contributed by atoms with van der Waals surface area (Å²) < 4.78 is 45.3. The summed E-state index contributed by atoms with van der Waals surface area (Å²) in [5, 5.41) is 3.31. The smallest absolute Gasteiger partial charge is 0.161 e. The first-order chi connectivity index (χ1) is 10.0. The van der Waals surface area contributed by atoms with Gasteiger partial charge >= 0.3 is 0 Å². The lowest BCUT2D eigenvalue weighted by Crippen LogP contribution is -2.28. The molecule has 0 radical (unpaired) electrons. The maximum Gasteiger partial charge on any atom is 0.161 e. The van der Waals surface area contributed by atoms with Gasteiger partial charge in [0.2, 0.25) is 0 Å². The second kappa shape index (κ2) is 6.80. The van der Waals surface area contributed by atoms with E-state index in [2.05, 4.69) is 12.2 Å². The van der Waals surface area contributed by atoms with Crippen molar-refractivity contribution in [2.24, 2.45) is 0 Å². The topological polar surface area (TPSA) is 25.2 Å². The molecule has 1 unspecified atom stereocenters. The summed E-state index contributed by atoms with van der Waals surface area (Å²) in [7, 11) is 0. The van der Waals surface area contributed by atoms with Crippen LogP contribution in [0, 0.1) is 17.5 Å². The third kappa shape index (κ3) is 3.88. The summed E-state index contributed by atoms with van der Waals surface area (Å²) >= 11 is 0. The molecule has 1 N–H and O–H groups in total. The first-order valence-corrected chi connectivity index (χ1v) is 6.98. The molecule has 1 heterocycles. The second-order valence-corrected chi connectivity index (χ2v) is 5.07. The molecule has 0 saturated heterocycles. The molecule has 2 rings (SSSR count). The molecule has 1 atom stereocenters. The van der Waals surface area contributed by atoms with Crippen LogP contribution < -0.4 is 5.32 Å². The highest BCUT2D eigenvalue weighted by Gasteiger charge is 2.15. The third-order valence-electron chi connectivity index (χ3n) is 3.19. The molecule has 5 heteroatoms. The van der Waals surface area contributed by atoms with Crippen molar-refractivity contribution in [3.8, 4) is 11.3 Å². The van der Waals surface area contributed by atoms with Crippen molar-refractivity contribution in [2.45, 2.75) is 32.7 Å². The summed E-state index contributed by atoms with van der Waals surface area (Å²) in [6, 6.07) is 4.85. The van der Waals surface area contributed by atoms with Crippen molar-refractivity contribution in [1.82, 2.24) is 5.32 Å². The maximum absolute atomic E-state index is 13.7. The molecule has 0 fully saturated rings. The fourth-order valence-electron chi connectivity index (χ4n) is 2.11. The monoisotopic (exact) mass is 297 g/mol. The minimum absolute atomic E-state index is 0.0747. The molecule has 0 saturated carbocycles. The van der Waals surface area contributed by atoms with Crippen LogP contribution in [0.4, 0.5) is 13.2 Å². The standard InChI is InChI=1S/C16H18F3NO/c1-3-6-20-10(2)7-11-4-5-16(21-11)12-8-14(18)15(19)9-13(12)17/h4-5,8-10,20H,3,6-7H2,1-2H3. The van der Waals surface area contributed by atoms with Crippen molar-refractivity contribution < 1.29 is 17.6 Å². The van der Waals surface area contributed by atoms with Gasteiger partial charge in [-0.2, -0.15) is 0 Å². The average Bonchev–Trinajstić information content (AvgIpc) is 2.88. The number of nitrogens with one attached hydrogen (secondary N) is 1. The zero-order valence-electron chi connectivity index (χ0n) is 12.1. The highest BCUT2D eigenvalue weighted by Crippen LogP contribution is 2.27. The summed E-state index contributed by atoms with van der Waals surface area (Å²) in [4.78, 5) is 0. The van der Waals surface area contributed by atoms with E-state index in [0.29, 0.717) is 18.2 Å². The minimum atomic E-state index is -1.21. The lowest BCUT2D eigenvalue weighted by Gasteiger charge is -2.11. The number of hydrogen-bond acceptors (Lipinski definition) is 2. The highest BCUT2D eigenvalue weighted by molar-refractivity contribution is 5.58. The zero-order valence-corrected chi connectivity index (χ0v) is 12.1. The first-order valence-electron chi connectivity index (χ1n) is 6.98. The lowest BCUT2D eigenvalue weighted by atomic mass is 10.1. The van der Waals surface area contributed by atoms with E-state index in [1.54, 1.807) is 12.1 Å². The molecule has 0 aliphatic rings. The van der Waals surface area contributed by atoms with Crippen molar-refractivity contribution in [3.63, 3.8) is 0 Å².